The van der Waals surface area contributed by atoms with Gasteiger partial charge in [-0.05, 0) is 24.1 Å². The topological polar surface area (TPSA) is 48.8 Å². The molecule has 0 heterocycles. The first kappa shape index (κ1) is 10.5. The first-order valence-electron chi connectivity index (χ1n) is 4.00. The summed E-state index contributed by atoms with van der Waals surface area (Å²) in [5.74, 6) is 5.56. The fraction of sp³-hybridized carbons (Fsp3) is 0.200. The molecular weight excluding hydrogens is 198 g/mol. The molecule has 14 heavy (non-hydrogen) atoms. The maximum absolute atomic E-state index is 8.03. The van der Waals surface area contributed by atoms with E-state index < -0.39 is 0 Å². The zero-order chi connectivity index (χ0) is 10.4. The van der Waals surface area contributed by atoms with E-state index in [4.69, 9.17) is 17.1 Å². The van der Waals surface area contributed by atoms with Crippen LogP contribution in [0.5, 0.6) is 0 Å². The van der Waals surface area contributed by atoms with Crippen LogP contribution in [0.1, 0.15) is 11.1 Å². The average molecular weight is 206 g/mol. The summed E-state index contributed by atoms with van der Waals surface area (Å²) in [6.45, 7) is 2.09. The summed E-state index contributed by atoms with van der Waals surface area (Å²) in [5, 5.41) is 3.96. The molecule has 0 saturated carbocycles. The summed E-state index contributed by atoms with van der Waals surface area (Å²) >= 11 is 6.00. The normalized spacial score (nSPS) is 8.43. The van der Waals surface area contributed by atoms with Crippen molar-refractivity contribution in [1.29, 1.82) is 0 Å². The summed E-state index contributed by atoms with van der Waals surface area (Å²) in [6.07, 6.45) is 0. The lowest BCUT2D eigenvalue weighted by molar-refractivity contribution is 1.25. The SMILES string of the molecule is Cc1cccc(C#CCN=[N+]=[N-])c1Cl. The number of azide groups is 1. The van der Waals surface area contributed by atoms with E-state index in [0.29, 0.717) is 5.02 Å². The zero-order valence-corrected chi connectivity index (χ0v) is 8.41. The van der Waals surface area contributed by atoms with Gasteiger partial charge in [-0.3, -0.25) is 0 Å². The fourth-order valence-electron chi connectivity index (χ4n) is 0.946. The molecule has 1 rings (SSSR count). The van der Waals surface area contributed by atoms with Crippen molar-refractivity contribution in [1.82, 2.24) is 0 Å². The van der Waals surface area contributed by atoms with Gasteiger partial charge in [0.2, 0.25) is 0 Å². The molecule has 0 unspecified atom stereocenters. The van der Waals surface area contributed by atoms with Crippen LogP contribution < -0.4 is 0 Å². The molecular formula is C10H8ClN3. The Labute approximate surface area is 87.3 Å². The molecule has 0 bridgehead atoms. The lowest BCUT2D eigenvalue weighted by atomic mass is 10.1. The van der Waals surface area contributed by atoms with Crippen LogP contribution in [0.4, 0.5) is 0 Å². The smallest absolute Gasteiger partial charge is 0.0880 e. The summed E-state index contributed by atoms with van der Waals surface area (Å²) in [5.41, 5.74) is 9.78. The Morgan fingerprint density at radius 1 is 1.57 bits per heavy atom. The molecule has 0 N–H and O–H groups in total. The van der Waals surface area contributed by atoms with Gasteiger partial charge in [-0.15, -0.1) is 0 Å². The number of hydrogen-bond donors (Lipinski definition) is 0. The van der Waals surface area contributed by atoms with Crippen LogP contribution in [-0.4, -0.2) is 6.54 Å². The zero-order valence-electron chi connectivity index (χ0n) is 7.66. The molecule has 0 aromatic heterocycles. The van der Waals surface area contributed by atoms with Gasteiger partial charge in [-0.2, -0.15) is 0 Å². The Morgan fingerprint density at radius 3 is 3.07 bits per heavy atom. The number of aryl methyl sites for hydroxylation is 1. The highest BCUT2D eigenvalue weighted by atomic mass is 35.5. The van der Waals surface area contributed by atoms with Crippen molar-refractivity contribution in [2.24, 2.45) is 5.11 Å². The van der Waals surface area contributed by atoms with E-state index in [-0.39, 0.29) is 6.54 Å². The number of hydrogen-bond acceptors (Lipinski definition) is 1. The van der Waals surface area contributed by atoms with Gasteiger partial charge in [0, 0.05) is 10.5 Å². The van der Waals surface area contributed by atoms with E-state index in [9.17, 15) is 0 Å². The van der Waals surface area contributed by atoms with Crippen LogP contribution in [0.2, 0.25) is 5.02 Å². The molecule has 0 amide bonds. The van der Waals surface area contributed by atoms with Gasteiger partial charge in [-0.1, -0.05) is 40.7 Å². The quantitative estimate of drug-likeness (QED) is 0.292. The minimum atomic E-state index is 0.167. The molecule has 0 atom stereocenters. The second-order valence-corrected chi connectivity index (χ2v) is 3.01. The van der Waals surface area contributed by atoms with Crippen LogP contribution in [0.3, 0.4) is 0 Å². The Hall–Kier alpha value is -1.62. The van der Waals surface area contributed by atoms with E-state index in [2.05, 4.69) is 21.9 Å². The van der Waals surface area contributed by atoms with Gasteiger partial charge in [0.1, 0.15) is 0 Å². The van der Waals surface area contributed by atoms with Crippen LogP contribution in [-0.2, 0) is 0 Å². The van der Waals surface area contributed by atoms with Gasteiger partial charge >= 0.3 is 0 Å². The second-order valence-electron chi connectivity index (χ2n) is 2.63. The van der Waals surface area contributed by atoms with Gasteiger partial charge in [0.25, 0.3) is 0 Å². The lowest BCUT2D eigenvalue weighted by Crippen LogP contribution is -1.81. The maximum Gasteiger partial charge on any atom is 0.0880 e. The van der Waals surface area contributed by atoms with E-state index in [1.54, 1.807) is 0 Å². The van der Waals surface area contributed by atoms with E-state index >= 15 is 0 Å². The van der Waals surface area contributed by atoms with Crippen LogP contribution in [0.25, 0.3) is 10.4 Å². The molecule has 0 spiro atoms. The number of nitrogens with zero attached hydrogens (tertiary/aromatic N) is 3. The summed E-state index contributed by atoms with van der Waals surface area (Å²) in [7, 11) is 0. The van der Waals surface area contributed by atoms with Crippen molar-refractivity contribution in [2.45, 2.75) is 6.92 Å². The molecule has 0 aliphatic rings. The maximum atomic E-state index is 8.03. The number of rotatable bonds is 1. The van der Waals surface area contributed by atoms with Gasteiger partial charge in [0.15, 0.2) is 0 Å². The van der Waals surface area contributed by atoms with Crippen LogP contribution >= 0.6 is 11.6 Å². The third kappa shape index (κ3) is 2.70. The number of halogens is 1. The molecule has 1 aromatic carbocycles. The Balaban J connectivity index is 2.89. The molecule has 4 heteroatoms. The van der Waals surface area contributed by atoms with Crippen molar-refractivity contribution in [3.63, 3.8) is 0 Å². The van der Waals surface area contributed by atoms with E-state index in [0.717, 1.165) is 11.1 Å². The molecule has 0 fully saturated rings. The van der Waals surface area contributed by atoms with Crippen molar-refractivity contribution < 1.29 is 0 Å². The minimum absolute atomic E-state index is 0.167. The Morgan fingerprint density at radius 2 is 2.36 bits per heavy atom. The third-order valence-electron chi connectivity index (χ3n) is 1.63. The standard InChI is InChI=1S/C10H8ClN3/c1-8-4-2-5-9(10(8)11)6-3-7-13-14-12/h2,4-5H,7H2,1H3. The van der Waals surface area contributed by atoms with Crippen LogP contribution in [0, 0.1) is 18.8 Å². The van der Waals surface area contributed by atoms with Gasteiger partial charge < -0.3 is 0 Å². The summed E-state index contributed by atoms with van der Waals surface area (Å²) in [4.78, 5) is 2.60. The first-order valence-corrected chi connectivity index (χ1v) is 4.38. The van der Waals surface area contributed by atoms with E-state index in [1.165, 1.54) is 0 Å². The van der Waals surface area contributed by atoms with Gasteiger partial charge in [-0.25, -0.2) is 0 Å². The van der Waals surface area contributed by atoms with E-state index in [1.807, 2.05) is 25.1 Å². The summed E-state index contributed by atoms with van der Waals surface area (Å²) < 4.78 is 0. The van der Waals surface area contributed by atoms with Crippen molar-refractivity contribution in [2.75, 3.05) is 6.54 Å². The van der Waals surface area contributed by atoms with Crippen LogP contribution in [0.15, 0.2) is 23.3 Å². The molecule has 0 saturated heterocycles. The third-order valence-corrected chi connectivity index (χ3v) is 2.13. The van der Waals surface area contributed by atoms with Crippen molar-refractivity contribution in [3.8, 4) is 11.8 Å². The average Bonchev–Trinajstić information content (AvgIpc) is 2.19. The highest BCUT2D eigenvalue weighted by molar-refractivity contribution is 6.32. The van der Waals surface area contributed by atoms with Crippen molar-refractivity contribution >= 4 is 11.6 Å². The Kier molecular flexibility index (Phi) is 3.87. The predicted molar refractivity (Wildman–Crippen MR) is 57.1 cm³/mol. The minimum Gasteiger partial charge on any atom is -0.0918 e. The fourth-order valence-corrected chi connectivity index (χ4v) is 1.12. The summed E-state index contributed by atoms with van der Waals surface area (Å²) in [6, 6.07) is 5.64. The van der Waals surface area contributed by atoms with Gasteiger partial charge in [0.05, 0.1) is 11.6 Å². The molecule has 3 nitrogen and oxygen atoms in total. The predicted octanol–water partition coefficient (Wildman–Crippen LogP) is 3.31. The largest absolute Gasteiger partial charge is 0.0918 e. The highest BCUT2D eigenvalue weighted by Gasteiger charge is 1.97. The molecule has 0 aliphatic heterocycles. The first-order chi connectivity index (χ1) is 6.75. The monoisotopic (exact) mass is 205 g/mol. The van der Waals surface area contributed by atoms with Crippen molar-refractivity contribution in [3.05, 3.63) is 44.8 Å². The molecule has 70 valence electrons. The number of benzene rings is 1. The molecule has 0 aliphatic carbocycles. The highest BCUT2D eigenvalue weighted by Crippen LogP contribution is 2.18. The molecule has 1 aromatic rings. The second kappa shape index (κ2) is 5.18. The molecule has 0 radical (unpaired) electrons. The lowest BCUT2D eigenvalue weighted by Gasteiger charge is -1.98. The Bertz CT molecular complexity index is 436.